The monoisotopic (exact) mass is 294 g/mol. The second-order valence-electron chi connectivity index (χ2n) is 6.21. The number of rotatable bonds is 1. The molecule has 0 radical (unpaired) electrons. The highest BCUT2D eigenvalue weighted by atomic mass is 35.5. The Morgan fingerprint density at radius 1 is 1.10 bits per heavy atom. The van der Waals surface area contributed by atoms with Crippen LogP contribution >= 0.6 is 11.6 Å². The molecule has 0 saturated carbocycles. The molecule has 2 aliphatic heterocycles. The predicted molar refractivity (Wildman–Crippen MR) is 83.6 cm³/mol. The van der Waals surface area contributed by atoms with Gasteiger partial charge in [0, 0.05) is 44.5 Å². The third kappa shape index (κ3) is 2.65. The summed E-state index contributed by atoms with van der Waals surface area (Å²) in [7, 11) is 4.52. The fourth-order valence-electron chi connectivity index (χ4n) is 3.51. The molecular formula is C15H23ClN4. The molecule has 2 aliphatic rings. The minimum atomic E-state index is 0.357. The van der Waals surface area contributed by atoms with E-state index in [0.29, 0.717) is 10.6 Å². The number of hydrogen-bond acceptors (Lipinski definition) is 4. The number of anilines is 1. The maximum absolute atomic E-state index is 5.91. The largest absolute Gasteiger partial charge is 0.356 e. The Morgan fingerprint density at radius 2 is 1.85 bits per heavy atom. The zero-order valence-electron chi connectivity index (χ0n) is 12.3. The van der Waals surface area contributed by atoms with E-state index >= 15 is 0 Å². The first kappa shape index (κ1) is 14.1. The standard InChI is InChI=1S/C15H23ClN4/c1-18-9-10-19(2)15(12-18)5-7-20(8-6-15)14-4-3-13(16)11-17-14/h3-4,11H,5-10,12H2,1-2H3. The molecule has 5 heteroatoms. The van der Waals surface area contributed by atoms with Gasteiger partial charge in [-0.3, -0.25) is 4.90 Å². The summed E-state index contributed by atoms with van der Waals surface area (Å²) in [6.45, 7) is 5.70. The Kier molecular flexibility index (Phi) is 3.89. The molecule has 2 saturated heterocycles. The molecule has 0 amide bonds. The molecule has 1 aromatic rings. The summed E-state index contributed by atoms with van der Waals surface area (Å²) >= 11 is 5.91. The fraction of sp³-hybridized carbons (Fsp3) is 0.667. The van der Waals surface area contributed by atoms with E-state index in [4.69, 9.17) is 11.6 Å². The van der Waals surface area contributed by atoms with Gasteiger partial charge >= 0.3 is 0 Å². The van der Waals surface area contributed by atoms with Gasteiger partial charge in [0.15, 0.2) is 0 Å². The first-order valence-corrected chi connectivity index (χ1v) is 7.73. The van der Waals surface area contributed by atoms with Crippen LogP contribution in [0.1, 0.15) is 12.8 Å². The molecule has 0 N–H and O–H groups in total. The Morgan fingerprint density at radius 3 is 2.50 bits per heavy atom. The van der Waals surface area contributed by atoms with Gasteiger partial charge in [0.1, 0.15) is 5.82 Å². The van der Waals surface area contributed by atoms with Gasteiger partial charge in [-0.2, -0.15) is 0 Å². The summed E-state index contributed by atoms with van der Waals surface area (Å²) in [5, 5.41) is 0.705. The number of hydrogen-bond donors (Lipinski definition) is 0. The van der Waals surface area contributed by atoms with Gasteiger partial charge in [0.2, 0.25) is 0 Å². The van der Waals surface area contributed by atoms with E-state index < -0.39 is 0 Å². The molecule has 0 bridgehead atoms. The van der Waals surface area contributed by atoms with E-state index in [0.717, 1.165) is 18.9 Å². The Hall–Kier alpha value is -0.840. The van der Waals surface area contributed by atoms with Gasteiger partial charge < -0.3 is 9.80 Å². The van der Waals surface area contributed by atoms with Gasteiger partial charge in [-0.25, -0.2) is 4.98 Å². The molecule has 0 atom stereocenters. The van der Waals surface area contributed by atoms with Gasteiger partial charge in [0.25, 0.3) is 0 Å². The molecule has 1 aromatic heterocycles. The van der Waals surface area contributed by atoms with Crippen LogP contribution in [0.25, 0.3) is 0 Å². The van der Waals surface area contributed by atoms with Crippen LogP contribution in [0.15, 0.2) is 18.3 Å². The molecule has 0 unspecified atom stereocenters. The molecule has 3 heterocycles. The van der Waals surface area contributed by atoms with Gasteiger partial charge in [0.05, 0.1) is 5.02 Å². The lowest BCUT2D eigenvalue weighted by Gasteiger charge is -2.52. The van der Waals surface area contributed by atoms with Crippen LogP contribution in [0.4, 0.5) is 5.82 Å². The lowest BCUT2D eigenvalue weighted by Crippen LogP contribution is -2.63. The van der Waals surface area contributed by atoms with Crippen molar-refractivity contribution in [2.45, 2.75) is 18.4 Å². The van der Waals surface area contributed by atoms with E-state index in [-0.39, 0.29) is 0 Å². The molecule has 1 spiro atoms. The van der Waals surface area contributed by atoms with Crippen molar-refractivity contribution in [3.63, 3.8) is 0 Å². The van der Waals surface area contributed by atoms with Gasteiger partial charge in [-0.1, -0.05) is 11.6 Å². The average Bonchev–Trinajstić information content (AvgIpc) is 2.45. The maximum atomic E-state index is 5.91. The lowest BCUT2D eigenvalue weighted by molar-refractivity contribution is 0.00938. The highest BCUT2D eigenvalue weighted by molar-refractivity contribution is 6.30. The molecule has 110 valence electrons. The third-order valence-corrected chi connectivity index (χ3v) is 5.14. The number of likely N-dealkylation sites (N-methyl/N-ethyl adjacent to an activating group) is 2. The van der Waals surface area contributed by atoms with Crippen LogP contribution in [0.2, 0.25) is 5.02 Å². The first-order chi connectivity index (χ1) is 9.59. The second-order valence-corrected chi connectivity index (χ2v) is 6.64. The van der Waals surface area contributed by atoms with Crippen LogP contribution in [-0.4, -0.2) is 67.1 Å². The van der Waals surface area contributed by atoms with E-state index in [1.165, 1.54) is 32.5 Å². The smallest absolute Gasteiger partial charge is 0.128 e. The van der Waals surface area contributed by atoms with E-state index in [9.17, 15) is 0 Å². The van der Waals surface area contributed by atoms with Crippen molar-refractivity contribution < 1.29 is 0 Å². The predicted octanol–water partition coefficient (Wildman–Crippen LogP) is 1.95. The summed E-state index contributed by atoms with van der Waals surface area (Å²) < 4.78 is 0. The summed E-state index contributed by atoms with van der Waals surface area (Å²) in [6, 6.07) is 3.95. The van der Waals surface area contributed by atoms with Gasteiger partial charge in [-0.05, 0) is 39.1 Å². The molecule has 0 aliphatic carbocycles. The zero-order chi connectivity index (χ0) is 14.2. The molecule has 2 fully saturated rings. The van der Waals surface area contributed by atoms with Crippen molar-refractivity contribution in [2.24, 2.45) is 0 Å². The summed E-state index contributed by atoms with van der Waals surface area (Å²) in [5.74, 6) is 1.05. The van der Waals surface area contributed by atoms with Crippen molar-refractivity contribution in [2.75, 3.05) is 51.7 Å². The van der Waals surface area contributed by atoms with Crippen molar-refractivity contribution in [3.05, 3.63) is 23.4 Å². The van der Waals surface area contributed by atoms with Crippen LogP contribution < -0.4 is 4.90 Å². The van der Waals surface area contributed by atoms with Crippen molar-refractivity contribution in [1.29, 1.82) is 0 Å². The second kappa shape index (κ2) is 5.51. The van der Waals surface area contributed by atoms with Gasteiger partial charge in [-0.15, -0.1) is 0 Å². The molecule has 3 rings (SSSR count). The van der Waals surface area contributed by atoms with E-state index in [2.05, 4.69) is 33.8 Å². The fourth-order valence-corrected chi connectivity index (χ4v) is 3.62. The zero-order valence-corrected chi connectivity index (χ0v) is 13.1. The quantitative estimate of drug-likeness (QED) is 0.789. The highest BCUT2D eigenvalue weighted by Crippen LogP contribution is 2.32. The topological polar surface area (TPSA) is 22.6 Å². The number of halogens is 1. The number of piperazine rings is 1. The third-order valence-electron chi connectivity index (χ3n) is 4.92. The van der Waals surface area contributed by atoms with Crippen LogP contribution in [-0.2, 0) is 0 Å². The lowest BCUT2D eigenvalue weighted by atomic mass is 9.84. The Balaban J connectivity index is 1.68. The first-order valence-electron chi connectivity index (χ1n) is 7.35. The Bertz CT molecular complexity index is 453. The number of nitrogens with zero attached hydrogens (tertiary/aromatic N) is 4. The van der Waals surface area contributed by atoms with Crippen LogP contribution in [0.3, 0.4) is 0 Å². The minimum absolute atomic E-state index is 0.357. The van der Waals surface area contributed by atoms with Crippen LogP contribution in [0, 0.1) is 0 Å². The molecule has 4 nitrogen and oxygen atoms in total. The molecule has 20 heavy (non-hydrogen) atoms. The Labute approximate surface area is 126 Å². The van der Waals surface area contributed by atoms with Crippen LogP contribution in [0.5, 0.6) is 0 Å². The van der Waals surface area contributed by atoms with Crippen molar-refractivity contribution in [1.82, 2.24) is 14.8 Å². The summed E-state index contributed by atoms with van der Waals surface area (Å²) in [4.78, 5) is 11.9. The summed E-state index contributed by atoms with van der Waals surface area (Å²) in [5.41, 5.74) is 0.357. The van der Waals surface area contributed by atoms with Crippen molar-refractivity contribution >= 4 is 17.4 Å². The maximum Gasteiger partial charge on any atom is 0.128 e. The van der Waals surface area contributed by atoms with Crippen molar-refractivity contribution in [3.8, 4) is 0 Å². The summed E-state index contributed by atoms with van der Waals surface area (Å²) in [6.07, 6.45) is 4.15. The number of aromatic nitrogens is 1. The SMILES string of the molecule is CN1CCN(C)C2(CCN(c3ccc(Cl)cn3)CC2)C1. The molecular weight excluding hydrogens is 272 g/mol. The number of piperidine rings is 1. The normalized spacial score (nSPS) is 24.2. The van der Waals surface area contributed by atoms with E-state index in [1.54, 1.807) is 6.20 Å². The van der Waals surface area contributed by atoms with E-state index in [1.807, 2.05) is 12.1 Å². The minimum Gasteiger partial charge on any atom is -0.356 e. The molecule has 0 aromatic carbocycles. The highest BCUT2D eigenvalue weighted by Gasteiger charge is 2.41. The number of pyridine rings is 1. The average molecular weight is 295 g/mol.